The molecule has 1 N–H and O–H groups in total. The number of carbonyl (C=O) groups is 2. The summed E-state index contributed by atoms with van der Waals surface area (Å²) in [7, 11) is 1.17. The molecular weight excluding hydrogens is 952 g/mol. The lowest BCUT2D eigenvalue weighted by Gasteiger charge is -2.30. The van der Waals surface area contributed by atoms with Crippen LogP contribution in [0.4, 0.5) is 0 Å². The average Bonchev–Trinajstić information content (AvgIpc) is 3.37. The number of quaternary nitrogens is 1. The highest BCUT2D eigenvalue weighted by Crippen LogP contribution is 2.38. The molecule has 0 heterocycles. The SMILES string of the molecule is CCCCC/C=C\C/C=C\C/C=C\C/C=C\CCCCCCCC(=O)OC(/C=C\CCCCCCCCCCCCC)C(COP(=O)([O-])OCC[N+](C)(C)C)NC(=O)CCCCCCCCC/C=C\CCCCCC. The van der Waals surface area contributed by atoms with Crippen LogP contribution in [0.15, 0.2) is 72.9 Å². The molecule has 0 spiro atoms. The quantitative estimate of drug-likeness (QED) is 0.0212. The van der Waals surface area contributed by atoms with Gasteiger partial charge in [-0.2, -0.15) is 0 Å². The van der Waals surface area contributed by atoms with E-state index in [1.54, 1.807) is 0 Å². The normalized spacial score (nSPS) is 14.2. The molecule has 0 aliphatic rings. The van der Waals surface area contributed by atoms with Crippen LogP contribution >= 0.6 is 7.82 Å². The third-order valence-corrected chi connectivity index (χ3v) is 14.6. The molecule has 436 valence electrons. The molecule has 0 aromatic heterocycles. The number of likely N-dealkylation sites (N-methyl/N-ethyl adjacent to an activating group) is 1. The number of phosphoric acid groups is 1. The zero-order valence-corrected chi connectivity index (χ0v) is 50.6. The number of unbranched alkanes of at least 4 members (excludes halogenated alkanes) is 30. The molecule has 0 rings (SSSR count). The maximum absolute atomic E-state index is 13.5. The fourth-order valence-corrected chi connectivity index (χ4v) is 9.46. The van der Waals surface area contributed by atoms with Crippen molar-refractivity contribution in [2.45, 2.75) is 290 Å². The molecule has 0 fully saturated rings. The van der Waals surface area contributed by atoms with Gasteiger partial charge in [0, 0.05) is 12.8 Å². The topological polar surface area (TPSA) is 114 Å². The summed E-state index contributed by atoms with van der Waals surface area (Å²) in [5.74, 6) is -0.564. The Bertz CT molecular complexity index is 1510. The molecule has 10 heteroatoms. The van der Waals surface area contributed by atoms with Gasteiger partial charge in [0.05, 0.1) is 33.8 Å². The van der Waals surface area contributed by atoms with E-state index in [0.717, 1.165) is 103 Å². The Morgan fingerprint density at radius 2 is 0.813 bits per heavy atom. The lowest BCUT2D eigenvalue weighted by atomic mass is 10.0. The van der Waals surface area contributed by atoms with E-state index in [9.17, 15) is 19.0 Å². The van der Waals surface area contributed by atoms with E-state index in [0.29, 0.717) is 23.9 Å². The number of carbonyl (C=O) groups excluding carboxylic acids is 2. The Morgan fingerprint density at radius 1 is 0.467 bits per heavy atom. The molecule has 0 aliphatic heterocycles. The molecule has 0 aliphatic carbocycles. The fraction of sp³-hybridized carbons (Fsp3) is 0.785. The van der Waals surface area contributed by atoms with Crippen LogP contribution in [0.2, 0.25) is 0 Å². The third-order valence-electron chi connectivity index (χ3n) is 13.6. The van der Waals surface area contributed by atoms with Crippen molar-refractivity contribution in [1.82, 2.24) is 5.32 Å². The van der Waals surface area contributed by atoms with E-state index in [1.807, 2.05) is 33.3 Å². The monoisotopic (exact) mass is 1070 g/mol. The van der Waals surface area contributed by atoms with Crippen molar-refractivity contribution in [1.29, 1.82) is 0 Å². The van der Waals surface area contributed by atoms with Crippen molar-refractivity contribution in [3.05, 3.63) is 72.9 Å². The summed E-state index contributed by atoms with van der Waals surface area (Å²) in [5.41, 5.74) is 0. The van der Waals surface area contributed by atoms with Crippen molar-refractivity contribution in [3.63, 3.8) is 0 Å². The molecule has 1 amide bonds. The van der Waals surface area contributed by atoms with Crippen LogP contribution in [0.5, 0.6) is 0 Å². The Morgan fingerprint density at radius 3 is 1.27 bits per heavy atom. The number of esters is 1. The minimum absolute atomic E-state index is 0.0284. The number of hydrogen-bond acceptors (Lipinski definition) is 7. The van der Waals surface area contributed by atoms with Gasteiger partial charge in [0.15, 0.2) is 0 Å². The fourth-order valence-electron chi connectivity index (χ4n) is 8.74. The van der Waals surface area contributed by atoms with Crippen molar-refractivity contribution in [2.75, 3.05) is 40.9 Å². The van der Waals surface area contributed by atoms with Gasteiger partial charge < -0.3 is 28.5 Å². The maximum Gasteiger partial charge on any atom is 0.306 e. The maximum atomic E-state index is 13.5. The largest absolute Gasteiger partial charge is 0.756 e. The number of nitrogens with one attached hydrogen (secondary N) is 1. The molecule has 3 atom stereocenters. The number of nitrogens with zero attached hydrogens (tertiary/aromatic N) is 1. The van der Waals surface area contributed by atoms with Gasteiger partial charge in [-0.05, 0) is 102 Å². The molecule has 0 bridgehead atoms. The number of rotatable bonds is 56. The summed E-state index contributed by atoms with van der Waals surface area (Å²) >= 11 is 0. The van der Waals surface area contributed by atoms with E-state index in [4.69, 9.17) is 13.8 Å². The Hall–Kier alpha value is -2.55. The molecule has 9 nitrogen and oxygen atoms in total. The number of hydrogen-bond donors (Lipinski definition) is 1. The summed E-state index contributed by atoms with van der Waals surface area (Å²) < 4.78 is 30.3. The highest BCUT2D eigenvalue weighted by molar-refractivity contribution is 7.45. The van der Waals surface area contributed by atoms with Gasteiger partial charge in [0.2, 0.25) is 5.91 Å². The first kappa shape index (κ1) is 72.5. The second kappa shape index (κ2) is 54.8. The standard InChI is InChI=1S/C65H119N2O7P/c1-7-10-13-16-19-22-25-28-30-31-32-33-34-35-37-40-43-46-49-52-55-58-65(69)74-63(56-53-50-47-44-41-38-27-24-21-18-15-12-9-3)62(61-73-75(70,71)72-60-59-67(4,5)6)66-64(68)57-54-51-48-45-42-39-36-29-26-23-20-17-14-11-8-2/h19,22-23,26,28,30,32-33,35,37,53,56,62-63H,7-18,20-21,24-25,27,29,31,34,36,38-52,54-55,57-61H2,1-6H3,(H-,66,68,70,71)/b22-19-,26-23-,30-28-,33-32-,37-35-,56-53-. The Kier molecular flexibility index (Phi) is 52.9. The summed E-state index contributed by atoms with van der Waals surface area (Å²) in [6, 6.07) is -0.901. The average molecular weight is 1070 g/mol. The van der Waals surface area contributed by atoms with Crippen LogP contribution in [-0.4, -0.2) is 69.4 Å². The molecule has 0 radical (unpaired) electrons. The zero-order valence-electron chi connectivity index (χ0n) is 49.7. The van der Waals surface area contributed by atoms with Crippen molar-refractivity contribution in [3.8, 4) is 0 Å². The smallest absolute Gasteiger partial charge is 0.306 e. The van der Waals surface area contributed by atoms with Crippen LogP contribution in [0.1, 0.15) is 278 Å². The van der Waals surface area contributed by atoms with Crippen LogP contribution < -0.4 is 10.2 Å². The second-order valence-corrected chi connectivity index (χ2v) is 23.6. The van der Waals surface area contributed by atoms with Crippen LogP contribution in [0, 0.1) is 0 Å². The van der Waals surface area contributed by atoms with E-state index >= 15 is 0 Å². The zero-order chi connectivity index (χ0) is 55.0. The van der Waals surface area contributed by atoms with Crippen molar-refractivity contribution >= 4 is 19.7 Å². The highest BCUT2D eigenvalue weighted by Gasteiger charge is 2.27. The van der Waals surface area contributed by atoms with E-state index in [1.165, 1.54) is 135 Å². The minimum atomic E-state index is -4.71. The summed E-state index contributed by atoms with van der Waals surface area (Å²) in [6.45, 7) is 6.80. The Balaban J connectivity index is 5.32. The van der Waals surface area contributed by atoms with Gasteiger partial charge >= 0.3 is 5.97 Å². The predicted octanol–water partition coefficient (Wildman–Crippen LogP) is 18.6. The number of ether oxygens (including phenoxy) is 1. The van der Waals surface area contributed by atoms with Gasteiger partial charge in [-0.1, -0.05) is 235 Å². The molecule has 0 saturated heterocycles. The van der Waals surface area contributed by atoms with Crippen molar-refractivity contribution in [2.24, 2.45) is 0 Å². The number of phosphoric ester groups is 1. The van der Waals surface area contributed by atoms with Crippen LogP contribution in [0.3, 0.4) is 0 Å². The molecule has 75 heavy (non-hydrogen) atoms. The van der Waals surface area contributed by atoms with E-state index < -0.39 is 26.6 Å². The van der Waals surface area contributed by atoms with Gasteiger partial charge in [-0.25, -0.2) is 0 Å². The highest BCUT2D eigenvalue weighted by atomic mass is 31.2. The predicted molar refractivity (Wildman–Crippen MR) is 321 cm³/mol. The van der Waals surface area contributed by atoms with Gasteiger partial charge in [-0.3, -0.25) is 14.2 Å². The molecular formula is C65H119N2O7P. The number of amides is 1. The van der Waals surface area contributed by atoms with Gasteiger partial charge in [0.1, 0.15) is 19.3 Å². The summed E-state index contributed by atoms with van der Waals surface area (Å²) in [4.78, 5) is 40.0. The van der Waals surface area contributed by atoms with E-state index in [-0.39, 0.29) is 24.9 Å². The summed E-state index contributed by atoms with van der Waals surface area (Å²) in [6.07, 6.45) is 70.0. The molecule has 0 aromatic carbocycles. The second-order valence-electron chi connectivity index (χ2n) is 22.2. The van der Waals surface area contributed by atoms with Gasteiger partial charge in [-0.15, -0.1) is 0 Å². The van der Waals surface area contributed by atoms with Gasteiger partial charge in [0.25, 0.3) is 7.82 Å². The first-order chi connectivity index (χ1) is 36.4. The van der Waals surface area contributed by atoms with Crippen LogP contribution in [0.25, 0.3) is 0 Å². The minimum Gasteiger partial charge on any atom is -0.756 e. The summed E-state index contributed by atoms with van der Waals surface area (Å²) in [5, 5.41) is 3.02. The van der Waals surface area contributed by atoms with Crippen LogP contribution in [-0.2, 0) is 27.9 Å². The lowest BCUT2D eigenvalue weighted by Crippen LogP contribution is -2.47. The van der Waals surface area contributed by atoms with Crippen molar-refractivity contribution < 1.29 is 37.3 Å². The first-order valence-electron chi connectivity index (χ1n) is 31.2. The molecule has 0 saturated carbocycles. The lowest BCUT2D eigenvalue weighted by molar-refractivity contribution is -0.870. The Labute approximate surface area is 463 Å². The third kappa shape index (κ3) is 56.0. The molecule has 3 unspecified atom stereocenters. The number of allylic oxidation sites excluding steroid dienone is 11. The van der Waals surface area contributed by atoms with E-state index in [2.05, 4.69) is 86.8 Å². The molecule has 0 aromatic rings. The first-order valence-corrected chi connectivity index (χ1v) is 32.7.